The average Bonchev–Trinajstić information content (AvgIpc) is 2.73. The van der Waals surface area contributed by atoms with Crippen LogP contribution in [0.15, 0.2) is 59.8 Å². The highest BCUT2D eigenvalue weighted by molar-refractivity contribution is 6.30. The van der Waals surface area contributed by atoms with Gasteiger partial charge in [0.15, 0.2) is 0 Å². The molecule has 4 rings (SSSR count). The first kappa shape index (κ1) is 20.4. The minimum atomic E-state index is -0.622. The average molecular weight is 426 g/mol. The fourth-order valence-corrected chi connectivity index (χ4v) is 4.24. The fraction of sp³-hybridized carbons (Fsp3) is 0.304. The molecule has 2 amide bonds. The zero-order valence-electron chi connectivity index (χ0n) is 16.8. The molecule has 30 heavy (non-hydrogen) atoms. The van der Waals surface area contributed by atoms with Crippen LogP contribution in [-0.4, -0.2) is 36.6 Å². The molecule has 1 atom stereocenters. The van der Waals surface area contributed by atoms with Gasteiger partial charge in [0.2, 0.25) is 0 Å². The second-order valence-electron chi connectivity index (χ2n) is 7.43. The lowest BCUT2D eigenvalue weighted by Crippen LogP contribution is -2.49. The summed E-state index contributed by atoms with van der Waals surface area (Å²) in [5.41, 5.74) is 4.34. The standard InChI is InChI=1S/C23H24ClN3O3/c1-2-30-22(28)20-19(14-27-11-10-15-6-3-4-7-17(15)13-27)25-23(29)26-21(20)16-8-5-9-18(24)12-16/h3-9,12,21H,2,10-11,13-14H2,1H3,(H2,25,26,29)/t21-/m0/s1. The van der Waals surface area contributed by atoms with Crippen LogP contribution >= 0.6 is 11.6 Å². The Morgan fingerprint density at radius 3 is 2.77 bits per heavy atom. The van der Waals surface area contributed by atoms with Gasteiger partial charge in [-0.1, -0.05) is 48.0 Å². The molecule has 7 heteroatoms. The van der Waals surface area contributed by atoms with Gasteiger partial charge in [-0.15, -0.1) is 0 Å². The first-order chi connectivity index (χ1) is 14.5. The summed E-state index contributed by atoms with van der Waals surface area (Å²) in [5, 5.41) is 6.23. The summed E-state index contributed by atoms with van der Waals surface area (Å²) in [6.07, 6.45) is 0.933. The number of amides is 2. The number of benzene rings is 2. The number of nitrogens with zero attached hydrogens (tertiary/aromatic N) is 1. The quantitative estimate of drug-likeness (QED) is 0.718. The molecule has 0 saturated heterocycles. The minimum Gasteiger partial charge on any atom is -0.463 e. The van der Waals surface area contributed by atoms with Crippen LogP contribution in [-0.2, 0) is 22.5 Å². The van der Waals surface area contributed by atoms with Gasteiger partial charge in [0.1, 0.15) is 0 Å². The van der Waals surface area contributed by atoms with Crippen LogP contribution in [0.5, 0.6) is 0 Å². The number of carbonyl (C=O) groups excluding carboxylic acids is 2. The molecule has 156 valence electrons. The summed E-state index contributed by atoms with van der Waals surface area (Å²) in [6.45, 7) is 4.08. The normalized spacial score (nSPS) is 19.0. The second kappa shape index (κ2) is 8.90. The molecule has 0 aromatic heterocycles. The molecular formula is C23H24ClN3O3. The summed E-state index contributed by atoms with van der Waals surface area (Å²) < 4.78 is 5.33. The molecule has 6 nitrogen and oxygen atoms in total. The Hall–Kier alpha value is -2.83. The lowest BCUT2D eigenvalue weighted by molar-refractivity contribution is -0.139. The zero-order valence-corrected chi connectivity index (χ0v) is 17.5. The van der Waals surface area contributed by atoms with Gasteiger partial charge in [0.05, 0.1) is 18.2 Å². The Bertz CT molecular complexity index is 1000. The van der Waals surface area contributed by atoms with E-state index in [2.05, 4.69) is 33.7 Å². The summed E-state index contributed by atoms with van der Waals surface area (Å²) in [5.74, 6) is -0.442. The Morgan fingerprint density at radius 1 is 1.20 bits per heavy atom. The number of urea groups is 1. The molecule has 2 aliphatic rings. The minimum absolute atomic E-state index is 0.253. The van der Waals surface area contributed by atoms with Crippen LogP contribution < -0.4 is 10.6 Å². The number of hydrogen-bond donors (Lipinski definition) is 2. The van der Waals surface area contributed by atoms with Crippen molar-refractivity contribution in [2.24, 2.45) is 0 Å². The first-order valence-electron chi connectivity index (χ1n) is 10.1. The third-order valence-electron chi connectivity index (χ3n) is 5.42. The highest BCUT2D eigenvalue weighted by Crippen LogP contribution is 2.30. The van der Waals surface area contributed by atoms with E-state index in [1.807, 2.05) is 12.1 Å². The predicted molar refractivity (Wildman–Crippen MR) is 115 cm³/mol. The van der Waals surface area contributed by atoms with Crippen LogP contribution in [0.1, 0.15) is 29.7 Å². The summed E-state index contributed by atoms with van der Waals surface area (Å²) in [7, 11) is 0. The van der Waals surface area contributed by atoms with E-state index in [9.17, 15) is 9.59 Å². The molecule has 0 saturated carbocycles. The zero-order chi connectivity index (χ0) is 21.1. The van der Waals surface area contributed by atoms with Crippen molar-refractivity contribution in [2.75, 3.05) is 19.7 Å². The molecule has 2 aliphatic heterocycles. The molecule has 2 aromatic carbocycles. The van der Waals surface area contributed by atoms with Gasteiger partial charge in [-0.05, 0) is 42.2 Å². The molecule has 0 aliphatic carbocycles. The monoisotopic (exact) mass is 425 g/mol. The van der Waals surface area contributed by atoms with Gasteiger partial charge < -0.3 is 15.4 Å². The molecule has 2 N–H and O–H groups in total. The Morgan fingerprint density at radius 2 is 2.00 bits per heavy atom. The largest absolute Gasteiger partial charge is 0.463 e. The van der Waals surface area contributed by atoms with Crippen molar-refractivity contribution in [2.45, 2.75) is 25.9 Å². The van der Waals surface area contributed by atoms with Crippen molar-refractivity contribution in [3.05, 3.63) is 81.5 Å². The highest BCUT2D eigenvalue weighted by atomic mass is 35.5. The van der Waals surface area contributed by atoms with E-state index in [1.54, 1.807) is 25.1 Å². The molecule has 0 radical (unpaired) electrons. The van der Waals surface area contributed by atoms with Crippen molar-refractivity contribution in [1.82, 2.24) is 15.5 Å². The van der Waals surface area contributed by atoms with Gasteiger partial charge in [0.25, 0.3) is 0 Å². The van der Waals surface area contributed by atoms with Crippen LogP contribution in [0.2, 0.25) is 5.02 Å². The number of nitrogens with one attached hydrogen (secondary N) is 2. The molecule has 0 spiro atoms. The van der Waals surface area contributed by atoms with Gasteiger partial charge in [0, 0.05) is 30.4 Å². The smallest absolute Gasteiger partial charge is 0.338 e. The van der Waals surface area contributed by atoms with Crippen molar-refractivity contribution in [3.8, 4) is 0 Å². The third-order valence-corrected chi connectivity index (χ3v) is 5.66. The summed E-state index contributed by atoms with van der Waals surface area (Å²) in [6, 6.07) is 14.6. The van der Waals surface area contributed by atoms with E-state index < -0.39 is 12.0 Å². The molecular weight excluding hydrogens is 402 g/mol. The maximum atomic E-state index is 12.9. The van der Waals surface area contributed by atoms with E-state index in [0.29, 0.717) is 22.8 Å². The first-order valence-corrected chi connectivity index (χ1v) is 10.4. The molecule has 0 bridgehead atoms. The van der Waals surface area contributed by atoms with Gasteiger partial charge in [-0.2, -0.15) is 0 Å². The molecule has 2 heterocycles. The van der Waals surface area contributed by atoms with E-state index in [0.717, 1.165) is 25.1 Å². The second-order valence-corrected chi connectivity index (χ2v) is 7.86. The van der Waals surface area contributed by atoms with Crippen LogP contribution in [0.4, 0.5) is 4.79 Å². The van der Waals surface area contributed by atoms with Crippen LogP contribution in [0.25, 0.3) is 0 Å². The molecule has 0 unspecified atom stereocenters. The number of esters is 1. The van der Waals surface area contributed by atoms with Gasteiger partial charge in [-0.3, -0.25) is 4.90 Å². The van der Waals surface area contributed by atoms with Gasteiger partial charge >= 0.3 is 12.0 Å². The number of rotatable bonds is 5. The maximum absolute atomic E-state index is 12.9. The number of ether oxygens (including phenoxy) is 1. The third kappa shape index (κ3) is 4.35. The Labute approximate surface area is 180 Å². The van der Waals surface area contributed by atoms with Crippen molar-refractivity contribution < 1.29 is 14.3 Å². The predicted octanol–water partition coefficient (Wildman–Crippen LogP) is 3.57. The fourth-order valence-electron chi connectivity index (χ4n) is 4.04. The van der Waals surface area contributed by atoms with Gasteiger partial charge in [-0.25, -0.2) is 9.59 Å². The van der Waals surface area contributed by atoms with E-state index in [4.69, 9.17) is 16.3 Å². The summed E-state index contributed by atoms with van der Waals surface area (Å²) in [4.78, 5) is 27.6. The van der Waals surface area contributed by atoms with Crippen LogP contribution in [0, 0.1) is 0 Å². The van der Waals surface area contributed by atoms with Crippen molar-refractivity contribution >= 4 is 23.6 Å². The molecule has 2 aromatic rings. The lowest BCUT2D eigenvalue weighted by Gasteiger charge is -2.34. The lowest BCUT2D eigenvalue weighted by atomic mass is 9.94. The SMILES string of the molecule is CCOC(=O)C1=C(CN2CCc3ccccc3C2)NC(=O)N[C@H]1c1cccc(Cl)c1. The topological polar surface area (TPSA) is 70.7 Å². The van der Waals surface area contributed by atoms with E-state index in [1.165, 1.54) is 11.1 Å². The van der Waals surface area contributed by atoms with E-state index in [-0.39, 0.29) is 12.6 Å². The Balaban J connectivity index is 1.68. The van der Waals surface area contributed by atoms with Crippen molar-refractivity contribution in [1.29, 1.82) is 0 Å². The summed E-state index contributed by atoms with van der Waals surface area (Å²) >= 11 is 6.16. The number of carbonyl (C=O) groups is 2. The number of halogens is 1. The number of hydrogen-bond acceptors (Lipinski definition) is 4. The van der Waals surface area contributed by atoms with E-state index >= 15 is 0 Å². The highest BCUT2D eigenvalue weighted by Gasteiger charge is 2.34. The maximum Gasteiger partial charge on any atom is 0.338 e. The van der Waals surface area contributed by atoms with Crippen molar-refractivity contribution in [3.63, 3.8) is 0 Å². The number of fused-ring (bicyclic) bond motifs is 1. The Kier molecular flexibility index (Phi) is 6.06. The molecule has 0 fully saturated rings. The van der Waals surface area contributed by atoms with Crippen LogP contribution in [0.3, 0.4) is 0 Å².